The summed E-state index contributed by atoms with van der Waals surface area (Å²) in [5.74, 6) is -0.105. The Hall–Kier alpha value is -1.94. The molecule has 2 aliphatic carbocycles. The van der Waals surface area contributed by atoms with Gasteiger partial charge in [0, 0.05) is 44.0 Å². The van der Waals surface area contributed by atoms with Gasteiger partial charge in [-0.1, -0.05) is 53.2 Å². The first kappa shape index (κ1) is 31.1. The molecule has 5 nitrogen and oxygen atoms in total. The standard InChI is InChI=1S/C34H46F3NO4Si/c1-21(2)29-27-28(33(15-17-40-18-16-33)41-30(27)22-9-11-23(12-10-22)34(35,36)37)26-24(38(29)39)19-32(13-8-14-32)20-25(26)42-43(6,7)31(3,4)5/h9-12,21,25,30H,8,13-20H2,1-7H3/t25-,30+/m0/s1. The van der Waals surface area contributed by atoms with Crippen molar-refractivity contribution in [3.63, 3.8) is 0 Å². The molecule has 2 spiro atoms. The van der Waals surface area contributed by atoms with Crippen molar-refractivity contribution in [1.29, 1.82) is 0 Å². The second kappa shape index (κ2) is 10.3. The minimum atomic E-state index is -4.43. The summed E-state index contributed by atoms with van der Waals surface area (Å²) in [6, 6.07) is 5.27. The molecule has 1 saturated carbocycles. The van der Waals surface area contributed by atoms with Gasteiger partial charge in [-0.05, 0) is 60.5 Å². The Bertz CT molecular complexity index is 1390. The molecule has 2 atom stereocenters. The molecule has 0 N–H and O–H groups in total. The molecule has 3 heterocycles. The fourth-order valence-corrected chi connectivity index (χ4v) is 8.97. The molecular formula is C34H46F3NO4Si. The largest absolute Gasteiger partial charge is 0.618 e. The SMILES string of the molecule is CC(C)c1c2c(c3c([n+]1[O-])CC1(CCC1)C[C@@H]3O[Si](C)(C)C(C)(C)C)C1(CCOCC1)O[C@@H]2c1ccc(C(F)(F)F)cc1. The fraction of sp³-hybridized carbons (Fsp3) is 0.676. The van der Waals surface area contributed by atoms with E-state index in [-0.39, 0.29) is 22.5 Å². The summed E-state index contributed by atoms with van der Waals surface area (Å²) in [5, 5.41) is 14.6. The second-order valence-electron chi connectivity index (χ2n) is 15.3. The molecule has 1 aromatic carbocycles. The maximum Gasteiger partial charge on any atom is 0.416 e. The minimum absolute atomic E-state index is 0.0124. The van der Waals surface area contributed by atoms with Gasteiger partial charge < -0.3 is 19.1 Å². The molecule has 236 valence electrons. The van der Waals surface area contributed by atoms with E-state index in [2.05, 4.69) is 33.9 Å². The number of nitrogens with zero attached hydrogens (tertiary/aromatic N) is 1. The van der Waals surface area contributed by atoms with Gasteiger partial charge in [-0.2, -0.15) is 17.9 Å². The van der Waals surface area contributed by atoms with Crippen molar-refractivity contribution in [2.75, 3.05) is 13.2 Å². The van der Waals surface area contributed by atoms with Crippen LogP contribution in [0.5, 0.6) is 0 Å². The summed E-state index contributed by atoms with van der Waals surface area (Å²) >= 11 is 0. The third-order valence-electron chi connectivity index (χ3n) is 11.2. The normalized spacial score (nSPS) is 24.7. The highest BCUT2D eigenvalue weighted by Gasteiger charge is 2.58. The van der Waals surface area contributed by atoms with E-state index >= 15 is 0 Å². The highest BCUT2D eigenvalue weighted by Crippen LogP contribution is 2.61. The Balaban J connectivity index is 1.61. The maximum atomic E-state index is 14.6. The van der Waals surface area contributed by atoms with Crippen LogP contribution in [0.4, 0.5) is 13.2 Å². The highest BCUT2D eigenvalue weighted by molar-refractivity contribution is 6.74. The molecule has 0 bridgehead atoms. The van der Waals surface area contributed by atoms with Crippen molar-refractivity contribution in [1.82, 2.24) is 0 Å². The van der Waals surface area contributed by atoms with Gasteiger partial charge in [-0.15, -0.1) is 0 Å². The first-order valence-electron chi connectivity index (χ1n) is 15.9. The summed E-state index contributed by atoms with van der Waals surface area (Å²) in [7, 11) is -2.25. The molecule has 43 heavy (non-hydrogen) atoms. The van der Waals surface area contributed by atoms with Crippen molar-refractivity contribution in [3.8, 4) is 0 Å². The fourth-order valence-electron chi connectivity index (χ4n) is 7.70. The lowest BCUT2D eigenvalue weighted by Gasteiger charge is -2.50. The average molecular weight is 618 g/mol. The third kappa shape index (κ3) is 5.06. The number of fused-ring (bicyclic) bond motifs is 4. The molecule has 2 aromatic rings. The van der Waals surface area contributed by atoms with Crippen LogP contribution in [0.1, 0.15) is 130 Å². The zero-order valence-corrected chi connectivity index (χ0v) is 27.6. The van der Waals surface area contributed by atoms with E-state index in [0.29, 0.717) is 37.3 Å². The van der Waals surface area contributed by atoms with E-state index in [1.165, 1.54) is 23.3 Å². The molecule has 0 amide bonds. The van der Waals surface area contributed by atoms with Crippen molar-refractivity contribution in [3.05, 3.63) is 68.7 Å². The number of ether oxygens (including phenoxy) is 2. The summed E-state index contributed by atoms with van der Waals surface area (Å²) in [5.41, 5.74) is 3.69. The van der Waals surface area contributed by atoms with E-state index in [4.69, 9.17) is 13.9 Å². The predicted octanol–water partition coefficient (Wildman–Crippen LogP) is 8.77. The molecule has 2 fully saturated rings. The smallest absolute Gasteiger partial charge is 0.416 e. The van der Waals surface area contributed by atoms with E-state index in [1.807, 2.05) is 13.8 Å². The Morgan fingerprint density at radius 1 is 1.00 bits per heavy atom. The van der Waals surface area contributed by atoms with E-state index in [0.717, 1.165) is 60.2 Å². The summed E-state index contributed by atoms with van der Waals surface area (Å²) in [6.07, 6.45) is 0.934. The lowest BCUT2D eigenvalue weighted by atomic mass is 9.58. The van der Waals surface area contributed by atoms with Crippen molar-refractivity contribution >= 4 is 8.32 Å². The van der Waals surface area contributed by atoms with E-state index < -0.39 is 31.8 Å². The molecule has 0 unspecified atom stereocenters. The van der Waals surface area contributed by atoms with Crippen molar-refractivity contribution < 1.29 is 31.8 Å². The van der Waals surface area contributed by atoms with Crippen LogP contribution in [0.25, 0.3) is 0 Å². The Labute approximate surface area is 254 Å². The zero-order valence-electron chi connectivity index (χ0n) is 26.6. The predicted molar refractivity (Wildman–Crippen MR) is 161 cm³/mol. The number of aromatic nitrogens is 1. The number of hydrogen-bond donors (Lipinski definition) is 0. The molecule has 0 radical (unpaired) electrons. The average Bonchev–Trinajstić information content (AvgIpc) is 3.20. The van der Waals surface area contributed by atoms with Crippen LogP contribution in [0.2, 0.25) is 18.1 Å². The van der Waals surface area contributed by atoms with Gasteiger partial charge in [-0.3, -0.25) is 0 Å². The first-order chi connectivity index (χ1) is 20.0. The number of halogens is 3. The summed E-state index contributed by atoms with van der Waals surface area (Å²) in [4.78, 5) is 0. The number of alkyl halides is 3. The molecule has 1 aromatic heterocycles. The van der Waals surface area contributed by atoms with Crippen molar-refractivity contribution in [2.45, 2.75) is 128 Å². The van der Waals surface area contributed by atoms with Crippen LogP contribution >= 0.6 is 0 Å². The molecule has 9 heteroatoms. The molecule has 6 rings (SSSR count). The lowest BCUT2D eigenvalue weighted by molar-refractivity contribution is -0.626. The summed E-state index contributed by atoms with van der Waals surface area (Å²) in [6.45, 7) is 16.4. The van der Waals surface area contributed by atoms with E-state index in [1.54, 1.807) is 0 Å². The monoisotopic (exact) mass is 617 g/mol. The van der Waals surface area contributed by atoms with Crippen LogP contribution in [0.3, 0.4) is 0 Å². The van der Waals surface area contributed by atoms with Gasteiger partial charge in [0.2, 0.25) is 5.69 Å². The number of benzene rings is 1. The quantitative estimate of drug-likeness (QED) is 0.196. The molecule has 1 saturated heterocycles. The highest BCUT2D eigenvalue weighted by atomic mass is 28.4. The van der Waals surface area contributed by atoms with Crippen LogP contribution in [0, 0.1) is 10.6 Å². The topological polar surface area (TPSA) is 54.6 Å². The van der Waals surface area contributed by atoms with Crippen molar-refractivity contribution in [2.24, 2.45) is 5.41 Å². The maximum absolute atomic E-state index is 14.6. The zero-order chi connectivity index (χ0) is 31.2. The van der Waals surface area contributed by atoms with Gasteiger partial charge in [0.15, 0.2) is 14.0 Å². The first-order valence-corrected chi connectivity index (χ1v) is 18.8. The number of pyridine rings is 1. The van der Waals surface area contributed by atoms with Gasteiger partial charge in [0.1, 0.15) is 6.10 Å². The Morgan fingerprint density at radius 3 is 2.14 bits per heavy atom. The van der Waals surface area contributed by atoms with Crippen LogP contribution < -0.4 is 4.73 Å². The Kier molecular flexibility index (Phi) is 7.43. The van der Waals surface area contributed by atoms with Gasteiger partial charge in [-0.25, -0.2) is 0 Å². The van der Waals surface area contributed by atoms with Crippen LogP contribution in [-0.4, -0.2) is 21.5 Å². The molecular weight excluding hydrogens is 571 g/mol. The van der Waals surface area contributed by atoms with E-state index in [9.17, 15) is 18.4 Å². The van der Waals surface area contributed by atoms with Crippen LogP contribution in [-0.2, 0) is 32.1 Å². The Morgan fingerprint density at radius 2 is 1.63 bits per heavy atom. The minimum Gasteiger partial charge on any atom is -0.618 e. The lowest BCUT2D eigenvalue weighted by Crippen LogP contribution is -2.51. The third-order valence-corrected chi connectivity index (χ3v) is 15.7. The number of rotatable bonds is 4. The number of hydrogen-bond acceptors (Lipinski definition) is 4. The van der Waals surface area contributed by atoms with Gasteiger partial charge >= 0.3 is 6.18 Å². The second-order valence-corrected chi connectivity index (χ2v) is 20.1. The molecule has 2 aliphatic heterocycles. The van der Waals surface area contributed by atoms with Crippen LogP contribution in [0.15, 0.2) is 24.3 Å². The summed E-state index contributed by atoms with van der Waals surface area (Å²) < 4.78 is 61.8. The van der Waals surface area contributed by atoms with Gasteiger partial charge in [0.25, 0.3) is 0 Å². The van der Waals surface area contributed by atoms with Gasteiger partial charge in [0.05, 0.1) is 28.4 Å². The molecule has 4 aliphatic rings.